The van der Waals surface area contributed by atoms with Gasteiger partial charge in [-0.05, 0) is 45.0 Å². The Morgan fingerprint density at radius 3 is 2.18 bits per heavy atom. The molecule has 0 saturated heterocycles. The van der Waals surface area contributed by atoms with E-state index in [9.17, 15) is 9.59 Å². The summed E-state index contributed by atoms with van der Waals surface area (Å²) in [6.45, 7) is 5.57. The summed E-state index contributed by atoms with van der Waals surface area (Å²) in [5.74, 6) is 0.00595. The van der Waals surface area contributed by atoms with E-state index in [1.54, 1.807) is 31.2 Å². The number of ketones is 1. The zero-order chi connectivity index (χ0) is 24.5. The van der Waals surface area contributed by atoms with Crippen molar-refractivity contribution in [2.45, 2.75) is 26.8 Å². The molecule has 0 spiro atoms. The number of Topliss-reactive ketones (excluding diaryl/α,β-unsaturated/α-hetero) is 1. The van der Waals surface area contributed by atoms with Crippen LogP contribution < -0.4 is 23.4 Å². The number of anilines is 1. The summed E-state index contributed by atoms with van der Waals surface area (Å²) < 4.78 is 22.2. The van der Waals surface area contributed by atoms with Gasteiger partial charge in [0, 0.05) is 17.8 Å². The third kappa shape index (κ3) is 6.27. The first-order chi connectivity index (χ1) is 15.8. The molecule has 0 bridgehead atoms. The highest BCUT2D eigenvalue weighted by Gasteiger charge is 2.31. The third-order valence-electron chi connectivity index (χ3n) is 4.32. The summed E-state index contributed by atoms with van der Waals surface area (Å²) in [7, 11) is 2.86. The van der Waals surface area contributed by atoms with Crippen molar-refractivity contribution in [3.8, 4) is 23.0 Å². The van der Waals surface area contributed by atoms with Crippen molar-refractivity contribution in [1.29, 1.82) is 0 Å². The van der Waals surface area contributed by atoms with Crippen molar-refractivity contribution < 1.29 is 28.5 Å². The standard InChI is InChI=1S/C22H25Cl2N3O6/c1-6-32-14-8-9-16(33-7-2)15(12-14)27(24)22(29)20(13(3)28)25-26-21-18(31-5)11-10-17(30-4)19(21)23/h8-12,20H,6-7H2,1-5H3. The molecule has 9 nitrogen and oxygen atoms in total. The molecule has 0 aliphatic rings. The Kier molecular flexibility index (Phi) is 9.74. The number of halogens is 2. The molecule has 2 rings (SSSR count). The number of carbonyl (C=O) groups is 2. The van der Waals surface area contributed by atoms with Crippen molar-refractivity contribution in [3.05, 3.63) is 35.4 Å². The summed E-state index contributed by atoms with van der Waals surface area (Å²) in [6, 6.07) is 6.47. The van der Waals surface area contributed by atoms with Crippen LogP contribution in [0.25, 0.3) is 0 Å². The second kappa shape index (κ2) is 12.3. The summed E-state index contributed by atoms with van der Waals surface area (Å²) in [4.78, 5) is 25.4. The fourth-order valence-electron chi connectivity index (χ4n) is 2.77. The van der Waals surface area contributed by atoms with E-state index in [1.165, 1.54) is 27.2 Å². The molecule has 178 valence electrons. The smallest absolute Gasteiger partial charge is 0.276 e. The lowest BCUT2D eigenvalue weighted by molar-refractivity contribution is -0.126. The first-order valence-corrected chi connectivity index (χ1v) is 10.7. The van der Waals surface area contributed by atoms with E-state index in [0.717, 1.165) is 4.42 Å². The van der Waals surface area contributed by atoms with Crippen LogP contribution in [0.2, 0.25) is 5.02 Å². The monoisotopic (exact) mass is 497 g/mol. The number of hydrogen-bond acceptors (Lipinski definition) is 8. The average Bonchev–Trinajstić information content (AvgIpc) is 2.80. The van der Waals surface area contributed by atoms with Crippen LogP contribution in [-0.2, 0) is 9.59 Å². The van der Waals surface area contributed by atoms with Crippen LogP contribution in [-0.4, -0.2) is 45.2 Å². The van der Waals surface area contributed by atoms with Gasteiger partial charge in [-0.2, -0.15) is 5.11 Å². The van der Waals surface area contributed by atoms with Gasteiger partial charge in [0.05, 0.1) is 27.4 Å². The normalized spacial score (nSPS) is 11.7. The number of nitrogens with zero attached hydrogens (tertiary/aromatic N) is 3. The van der Waals surface area contributed by atoms with E-state index < -0.39 is 17.7 Å². The lowest BCUT2D eigenvalue weighted by Crippen LogP contribution is -2.36. The van der Waals surface area contributed by atoms with Gasteiger partial charge >= 0.3 is 0 Å². The van der Waals surface area contributed by atoms with E-state index in [-0.39, 0.29) is 22.1 Å². The van der Waals surface area contributed by atoms with Crippen molar-refractivity contribution >= 4 is 46.4 Å². The van der Waals surface area contributed by atoms with E-state index in [0.29, 0.717) is 30.5 Å². The first-order valence-electron chi connectivity index (χ1n) is 10.00. The number of carbonyl (C=O) groups excluding carboxylic acids is 2. The van der Waals surface area contributed by atoms with Gasteiger partial charge in [-0.3, -0.25) is 9.59 Å². The van der Waals surface area contributed by atoms with Crippen LogP contribution in [0.4, 0.5) is 11.4 Å². The predicted octanol–water partition coefficient (Wildman–Crippen LogP) is 5.38. The highest BCUT2D eigenvalue weighted by Crippen LogP contribution is 2.42. The van der Waals surface area contributed by atoms with Gasteiger partial charge < -0.3 is 18.9 Å². The molecule has 1 atom stereocenters. The van der Waals surface area contributed by atoms with Crippen LogP contribution in [0, 0.1) is 0 Å². The number of benzene rings is 2. The van der Waals surface area contributed by atoms with E-state index in [1.807, 2.05) is 6.92 Å². The predicted molar refractivity (Wildman–Crippen MR) is 126 cm³/mol. The van der Waals surface area contributed by atoms with E-state index >= 15 is 0 Å². The number of hydrogen-bond donors (Lipinski definition) is 0. The second-order valence-corrected chi connectivity index (χ2v) is 7.19. The highest BCUT2D eigenvalue weighted by molar-refractivity contribution is 6.39. The fourth-order valence-corrected chi connectivity index (χ4v) is 3.27. The number of methoxy groups -OCH3 is 2. The number of azo groups is 1. The maximum Gasteiger partial charge on any atom is 0.276 e. The minimum Gasteiger partial charge on any atom is -0.495 e. The molecule has 0 fully saturated rings. The summed E-state index contributed by atoms with van der Waals surface area (Å²) >= 11 is 12.7. The number of ether oxygens (including phenoxy) is 4. The molecular weight excluding hydrogens is 473 g/mol. The van der Waals surface area contributed by atoms with Gasteiger partial charge in [-0.15, -0.1) is 5.11 Å². The van der Waals surface area contributed by atoms with Crippen molar-refractivity contribution in [1.82, 2.24) is 0 Å². The Morgan fingerprint density at radius 2 is 1.61 bits per heavy atom. The number of amides is 1. The molecule has 0 aliphatic carbocycles. The van der Waals surface area contributed by atoms with Gasteiger partial charge in [0.25, 0.3) is 5.91 Å². The maximum atomic E-state index is 13.1. The minimum absolute atomic E-state index is 0.104. The zero-order valence-corrected chi connectivity index (χ0v) is 20.4. The Hall–Kier alpha value is -3.04. The first kappa shape index (κ1) is 26.2. The summed E-state index contributed by atoms with van der Waals surface area (Å²) in [5.41, 5.74) is 0.306. The third-order valence-corrected chi connectivity index (χ3v) is 5.04. The highest BCUT2D eigenvalue weighted by atomic mass is 35.5. The SMILES string of the molecule is CCOc1ccc(OCC)c(N(Cl)C(=O)C(N=Nc2c(OC)ccc(OC)c2Cl)C(C)=O)c1. The van der Waals surface area contributed by atoms with Crippen LogP contribution >= 0.6 is 23.4 Å². The molecule has 0 aromatic heterocycles. The zero-order valence-electron chi connectivity index (χ0n) is 18.9. The fraction of sp³-hybridized carbons (Fsp3) is 0.364. The lowest BCUT2D eigenvalue weighted by atomic mass is 10.2. The molecule has 2 aromatic rings. The van der Waals surface area contributed by atoms with Crippen molar-refractivity contribution in [3.63, 3.8) is 0 Å². The molecule has 0 radical (unpaired) electrons. The maximum absolute atomic E-state index is 13.1. The second-order valence-electron chi connectivity index (χ2n) is 6.48. The van der Waals surface area contributed by atoms with Crippen LogP contribution in [0.3, 0.4) is 0 Å². The van der Waals surface area contributed by atoms with Crippen molar-refractivity contribution in [2.75, 3.05) is 31.9 Å². The van der Waals surface area contributed by atoms with Crippen LogP contribution in [0.15, 0.2) is 40.6 Å². The molecule has 1 unspecified atom stereocenters. The Labute approximate surface area is 202 Å². The summed E-state index contributed by atoms with van der Waals surface area (Å²) in [6.07, 6.45) is 0. The van der Waals surface area contributed by atoms with Gasteiger partial charge in [0.15, 0.2) is 5.78 Å². The van der Waals surface area contributed by atoms with E-state index in [2.05, 4.69) is 10.2 Å². The molecule has 0 heterocycles. The number of rotatable bonds is 11. The van der Waals surface area contributed by atoms with Crippen LogP contribution in [0.1, 0.15) is 20.8 Å². The van der Waals surface area contributed by atoms with Gasteiger partial charge in [-0.1, -0.05) is 11.6 Å². The Balaban J connectivity index is 2.44. The minimum atomic E-state index is -1.54. The Morgan fingerprint density at radius 1 is 1.00 bits per heavy atom. The lowest BCUT2D eigenvalue weighted by Gasteiger charge is -2.20. The van der Waals surface area contributed by atoms with Crippen molar-refractivity contribution in [2.24, 2.45) is 10.2 Å². The molecular formula is C22H25Cl2N3O6. The summed E-state index contributed by atoms with van der Waals surface area (Å²) in [5, 5.41) is 8.05. The average molecular weight is 498 g/mol. The van der Waals surface area contributed by atoms with Gasteiger partial charge in [0.2, 0.25) is 6.04 Å². The van der Waals surface area contributed by atoms with E-state index in [4.69, 9.17) is 42.3 Å². The molecule has 33 heavy (non-hydrogen) atoms. The molecule has 2 aromatic carbocycles. The molecule has 0 aliphatic heterocycles. The Bertz CT molecular complexity index is 1030. The quantitative estimate of drug-likeness (QED) is 0.234. The largest absolute Gasteiger partial charge is 0.495 e. The molecule has 0 N–H and O–H groups in total. The van der Waals surface area contributed by atoms with Gasteiger partial charge in [0.1, 0.15) is 39.4 Å². The molecule has 11 heteroatoms. The molecule has 1 amide bonds. The van der Waals surface area contributed by atoms with Gasteiger partial charge in [-0.25, -0.2) is 4.42 Å². The van der Waals surface area contributed by atoms with Crippen LogP contribution in [0.5, 0.6) is 23.0 Å². The topological polar surface area (TPSA) is 99.0 Å². The molecule has 0 saturated carbocycles.